The van der Waals surface area contributed by atoms with Gasteiger partial charge in [-0.1, -0.05) is 0 Å². The molecule has 3 rings (SSSR count). The Kier molecular flexibility index (Phi) is 3.54. The van der Waals surface area contributed by atoms with Gasteiger partial charge < -0.3 is 29.4 Å². The number of aromatic nitrogens is 2. The lowest BCUT2D eigenvalue weighted by atomic mass is 10.1. The summed E-state index contributed by atoms with van der Waals surface area (Å²) in [6.45, 7) is -0.427. The number of ether oxygens (including phenoxy) is 2. The monoisotopic (exact) mass is 298 g/mol. The molecule has 7 nitrogen and oxygen atoms in total. The molecule has 0 radical (unpaired) electrons. The SMILES string of the molecule is COc1cc2ncn([C@@H]3O[C@H](CO)[C@@H](O)[C@H]3O)c2cc1F. The van der Waals surface area contributed by atoms with Gasteiger partial charge in [-0.05, 0) is 0 Å². The average Bonchev–Trinajstić information content (AvgIpc) is 3.00. The van der Waals surface area contributed by atoms with Crippen LogP contribution in [0, 0.1) is 5.82 Å². The summed E-state index contributed by atoms with van der Waals surface area (Å²) in [4.78, 5) is 4.10. The number of aliphatic hydroxyl groups is 3. The Morgan fingerprint density at radius 2 is 2.14 bits per heavy atom. The number of aliphatic hydroxyl groups excluding tert-OH is 3. The minimum atomic E-state index is -1.25. The molecule has 8 heteroatoms. The lowest BCUT2D eigenvalue weighted by Crippen LogP contribution is -2.33. The Morgan fingerprint density at radius 3 is 2.76 bits per heavy atom. The molecule has 3 N–H and O–H groups in total. The van der Waals surface area contributed by atoms with Gasteiger partial charge in [-0.15, -0.1) is 0 Å². The van der Waals surface area contributed by atoms with E-state index in [0.717, 1.165) is 0 Å². The average molecular weight is 298 g/mol. The van der Waals surface area contributed by atoms with E-state index in [2.05, 4.69) is 4.98 Å². The van der Waals surface area contributed by atoms with Crippen molar-refractivity contribution < 1.29 is 29.2 Å². The highest BCUT2D eigenvalue weighted by atomic mass is 19.1. The van der Waals surface area contributed by atoms with Gasteiger partial charge in [-0.3, -0.25) is 0 Å². The Hall–Kier alpha value is -1.74. The third kappa shape index (κ3) is 2.16. The molecule has 114 valence electrons. The molecule has 1 aromatic carbocycles. The van der Waals surface area contributed by atoms with Crippen molar-refractivity contribution >= 4 is 11.0 Å². The van der Waals surface area contributed by atoms with Gasteiger partial charge in [0.1, 0.15) is 18.3 Å². The molecule has 1 aliphatic heterocycles. The van der Waals surface area contributed by atoms with E-state index in [1.807, 2.05) is 0 Å². The summed E-state index contributed by atoms with van der Waals surface area (Å²) in [6.07, 6.45) is -2.94. The smallest absolute Gasteiger partial charge is 0.167 e. The molecule has 0 aliphatic carbocycles. The van der Waals surface area contributed by atoms with Crippen molar-refractivity contribution in [2.75, 3.05) is 13.7 Å². The number of nitrogens with zero attached hydrogens (tertiary/aromatic N) is 2. The summed E-state index contributed by atoms with van der Waals surface area (Å²) in [5.41, 5.74) is 0.856. The lowest BCUT2D eigenvalue weighted by Gasteiger charge is -2.17. The first-order valence-electron chi connectivity index (χ1n) is 6.39. The van der Waals surface area contributed by atoms with Crippen LogP contribution in [0.15, 0.2) is 18.5 Å². The van der Waals surface area contributed by atoms with E-state index in [4.69, 9.17) is 14.6 Å². The van der Waals surface area contributed by atoms with Crippen molar-refractivity contribution in [3.8, 4) is 5.75 Å². The Balaban J connectivity index is 2.03. The number of hydrogen-bond acceptors (Lipinski definition) is 6. The number of imidazole rings is 1. The molecule has 2 heterocycles. The molecule has 0 spiro atoms. The third-order valence-electron chi connectivity index (χ3n) is 3.64. The first-order chi connectivity index (χ1) is 10.1. The third-order valence-corrected chi connectivity index (χ3v) is 3.64. The predicted octanol–water partition coefficient (Wildman–Crippen LogP) is -0.205. The van der Waals surface area contributed by atoms with Gasteiger partial charge in [0, 0.05) is 12.1 Å². The first-order valence-corrected chi connectivity index (χ1v) is 6.39. The van der Waals surface area contributed by atoms with Crippen LogP contribution in [0.1, 0.15) is 6.23 Å². The van der Waals surface area contributed by atoms with Gasteiger partial charge in [-0.2, -0.15) is 0 Å². The summed E-state index contributed by atoms with van der Waals surface area (Å²) < 4.78 is 25.5. The molecular formula is C13H15FN2O5. The minimum absolute atomic E-state index is 0.0638. The number of halogens is 1. The second-order valence-electron chi connectivity index (χ2n) is 4.86. The van der Waals surface area contributed by atoms with Crippen LogP contribution in [0.3, 0.4) is 0 Å². The maximum absolute atomic E-state index is 13.8. The fraction of sp³-hybridized carbons (Fsp3) is 0.462. The summed E-state index contributed by atoms with van der Waals surface area (Å²) in [5.74, 6) is -0.507. The number of rotatable bonds is 3. The highest BCUT2D eigenvalue weighted by Gasteiger charge is 2.43. The number of benzene rings is 1. The molecule has 1 saturated heterocycles. The summed E-state index contributed by atoms with van der Waals surface area (Å²) >= 11 is 0. The zero-order valence-electron chi connectivity index (χ0n) is 11.2. The predicted molar refractivity (Wildman–Crippen MR) is 69.3 cm³/mol. The van der Waals surface area contributed by atoms with Crippen molar-refractivity contribution in [3.05, 3.63) is 24.3 Å². The molecule has 0 saturated carbocycles. The van der Waals surface area contributed by atoms with Crippen LogP contribution in [0.4, 0.5) is 4.39 Å². The van der Waals surface area contributed by atoms with Gasteiger partial charge in [0.15, 0.2) is 17.8 Å². The standard InChI is InChI=1S/C13H15FN2O5/c1-20-9-3-7-8(2-6(9)14)16(5-15-7)13-12(19)11(18)10(4-17)21-13/h2-3,5,10-13,17-19H,4H2,1H3/t10-,11-,12-,13-/m1/s1. The van der Waals surface area contributed by atoms with E-state index in [1.165, 1.54) is 30.1 Å². The Morgan fingerprint density at radius 1 is 1.38 bits per heavy atom. The van der Waals surface area contributed by atoms with Crippen LogP contribution in [0.2, 0.25) is 0 Å². The zero-order chi connectivity index (χ0) is 15.1. The van der Waals surface area contributed by atoms with Gasteiger partial charge >= 0.3 is 0 Å². The normalized spacial score (nSPS) is 29.2. The zero-order valence-corrected chi connectivity index (χ0v) is 11.2. The summed E-state index contributed by atoms with van der Waals surface area (Å²) in [5, 5.41) is 28.9. The highest BCUT2D eigenvalue weighted by Crippen LogP contribution is 2.33. The van der Waals surface area contributed by atoms with Crippen LogP contribution >= 0.6 is 0 Å². The molecule has 21 heavy (non-hydrogen) atoms. The highest BCUT2D eigenvalue weighted by molar-refractivity contribution is 5.77. The topological polar surface area (TPSA) is 97.0 Å². The summed E-state index contributed by atoms with van der Waals surface area (Å²) in [6, 6.07) is 2.65. The Bertz CT molecular complexity index is 661. The van der Waals surface area contributed by atoms with E-state index in [-0.39, 0.29) is 5.75 Å². The molecule has 1 fully saturated rings. The van der Waals surface area contributed by atoms with Crippen LogP contribution in [0.25, 0.3) is 11.0 Å². The number of hydrogen-bond donors (Lipinski definition) is 3. The Labute approximate surface area is 119 Å². The van der Waals surface area contributed by atoms with Crippen LogP contribution < -0.4 is 4.74 Å². The van der Waals surface area contributed by atoms with E-state index in [1.54, 1.807) is 0 Å². The fourth-order valence-corrected chi connectivity index (χ4v) is 2.50. The molecule has 4 atom stereocenters. The van der Waals surface area contributed by atoms with E-state index in [9.17, 15) is 14.6 Å². The first kappa shape index (κ1) is 14.2. The van der Waals surface area contributed by atoms with E-state index < -0.39 is 37.0 Å². The van der Waals surface area contributed by atoms with Gasteiger partial charge in [-0.25, -0.2) is 9.37 Å². The summed E-state index contributed by atoms with van der Waals surface area (Å²) in [7, 11) is 1.35. The van der Waals surface area contributed by atoms with Crippen molar-refractivity contribution in [1.29, 1.82) is 0 Å². The van der Waals surface area contributed by atoms with Crippen LogP contribution in [0.5, 0.6) is 5.75 Å². The lowest BCUT2D eigenvalue weighted by molar-refractivity contribution is -0.0509. The van der Waals surface area contributed by atoms with Crippen molar-refractivity contribution in [2.24, 2.45) is 0 Å². The van der Waals surface area contributed by atoms with E-state index in [0.29, 0.717) is 11.0 Å². The largest absolute Gasteiger partial charge is 0.494 e. The van der Waals surface area contributed by atoms with Crippen molar-refractivity contribution in [2.45, 2.75) is 24.5 Å². The molecule has 1 aliphatic rings. The van der Waals surface area contributed by atoms with Crippen molar-refractivity contribution in [1.82, 2.24) is 9.55 Å². The van der Waals surface area contributed by atoms with Gasteiger partial charge in [0.25, 0.3) is 0 Å². The molecular weight excluding hydrogens is 283 g/mol. The molecule has 0 unspecified atom stereocenters. The second kappa shape index (κ2) is 5.23. The quantitative estimate of drug-likeness (QED) is 0.726. The molecule has 2 aromatic rings. The molecule has 0 bridgehead atoms. The van der Waals surface area contributed by atoms with Gasteiger partial charge in [0.05, 0.1) is 31.1 Å². The fourth-order valence-electron chi connectivity index (χ4n) is 2.50. The molecule has 0 amide bonds. The van der Waals surface area contributed by atoms with Crippen LogP contribution in [-0.4, -0.2) is 56.9 Å². The second-order valence-corrected chi connectivity index (χ2v) is 4.86. The minimum Gasteiger partial charge on any atom is -0.494 e. The van der Waals surface area contributed by atoms with E-state index >= 15 is 0 Å². The van der Waals surface area contributed by atoms with Crippen molar-refractivity contribution in [3.63, 3.8) is 0 Å². The molecule has 1 aromatic heterocycles. The number of fused-ring (bicyclic) bond motifs is 1. The maximum Gasteiger partial charge on any atom is 0.167 e. The maximum atomic E-state index is 13.8. The number of methoxy groups -OCH3 is 1. The van der Waals surface area contributed by atoms with Gasteiger partial charge in [0.2, 0.25) is 0 Å². The van der Waals surface area contributed by atoms with Crippen LogP contribution in [-0.2, 0) is 4.74 Å².